The van der Waals surface area contributed by atoms with E-state index in [2.05, 4.69) is 10.3 Å². The first-order valence-corrected chi connectivity index (χ1v) is 13.9. The molecule has 2 heterocycles. The number of nitrogens with zero attached hydrogens (tertiary/aromatic N) is 3. The van der Waals surface area contributed by atoms with E-state index in [1.54, 1.807) is 17.0 Å². The van der Waals surface area contributed by atoms with Crippen molar-refractivity contribution in [3.05, 3.63) is 54.3 Å². The normalized spacial score (nSPS) is 20.2. The van der Waals surface area contributed by atoms with Crippen LogP contribution >= 0.6 is 11.8 Å². The summed E-state index contributed by atoms with van der Waals surface area (Å²) in [4.78, 5) is 31.8. The van der Waals surface area contributed by atoms with Gasteiger partial charge in [0.15, 0.2) is 5.17 Å². The molecule has 0 bridgehead atoms. The number of anilines is 1. The Morgan fingerprint density at radius 3 is 2.44 bits per heavy atom. The third-order valence-corrected chi connectivity index (χ3v) is 8.72. The van der Waals surface area contributed by atoms with Crippen molar-refractivity contribution in [2.75, 3.05) is 38.2 Å². The highest BCUT2D eigenvalue weighted by Crippen LogP contribution is 2.32. The van der Waals surface area contributed by atoms with Crippen LogP contribution in [0, 0.1) is 5.82 Å². The number of halogens is 1. The van der Waals surface area contributed by atoms with Gasteiger partial charge < -0.3 is 10.1 Å². The summed E-state index contributed by atoms with van der Waals surface area (Å²) in [5.41, 5.74) is 0.951. The first-order chi connectivity index (χ1) is 17.3. The van der Waals surface area contributed by atoms with Gasteiger partial charge in [-0.15, -0.1) is 0 Å². The van der Waals surface area contributed by atoms with Crippen LogP contribution in [0.4, 0.5) is 15.8 Å². The quantitative estimate of drug-likeness (QED) is 0.557. The molecule has 2 aromatic carbocycles. The van der Waals surface area contributed by atoms with E-state index in [-0.39, 0.29) is 23.1 Å². The lowest BCUT2D eigenvalue weighted by Gasteiger charge is -2.26. The van der Waals surface area contributed by atoms with Crippen LogP contribution in [-0.4, -0.2) is 72.7 Å². The van der Waals surface area contributed by atoms with Crippen molar-refractivity contribution >= 4 is 50.1 Å². The summed E-state index contributed by atoms with van der Waals surface area (Å²) in [5.74, 6) is -0.971. The van der Waals surface area contributed by atoms with Gasteiger partial charge in [0.25, 0.3) is 0 Å². The van der Waals surface area contributed by atoms with Crippen LogP contribution in [0.15, 0.2) is 58.4 Å². The fourth-order valence-corrected chi connectivity index (χ4v) is 6.40. The second-order valence-corrected chi connectivity index (χ2v) is 11.4. The van der Waals surface area contributed by atoms with Gasteiger partial charge in [0, 0.05) is 31.7 Å². The summed E-state index contributed by atoms with van der Waals surface area (Å²) < 4.78 is 45.4. The van der Waals surface area contributed by atoms with E-state index in [0.29, 0.717) is 55.8 Å². The lowest BCUT2D eigenvalue weighted by molar-refractivity contribution is -0.128. The molecule has 1 unspecified atom stereocenters. The number of ether oxygens (including phenoxy) is 1. The second-order valence-electron chi connectivity index (χ2n) is 8.26. The monoisotopic (exact) mass is 534 g/mol. The standard InChI is InChI=1S/C24H27FN4O5S2/c1-2-11-29-23(31)21(16-22(30)26-18-5-3-17(25)4-6-18)35-24(29)27-19-7-9-20(10-8-19)36(32,33)28-12-14-34-15-13-28/h3-10,21H,2,11-16H2,1H3,(H,26,30). The maximum Gasteiger partial charge on any atom is 0.243 e. The first-order valence-electron chi connectivity index (χ1n) is 11.6. The molecule has 2 aliphatic heterocycles. The smallest absolute Gasteiger partial charge is 0.243 e. The molecule has 9 nitrogen and oxygen atoms in total. The number of hydrogen-bond acceptors (Lipinski definition) is 7. The molecule has 36 heavy (non-hydrogen) atoms. The third kappa shape index (κ3) is 6.12. The Kier molecular flexibility index (Phi) is 8.39. The van der Waals surface area contributed by atoms with Gasteiger partial charge in [-0.1, -0.05) is 18.7 Å². The molecule has 4 rings (SSSR count). The van der Waals surface area contributed by atoms with E-state index in [1.807, 2.05) is 6.92 Å². The lowest BCUT2D eigenvalue weighted by atomic mass is 10.2. The molecule has 0 radical (unpaired) electrons. The summed E-state index contributed by atoms with van der Waals surface area (Å²) in [6.45, 7) is 3.75. The van der Waals surface area contributed by atoms with E-state index in [4.69, 9.17) is 4.74 Å². The van der Waals surface area contributed by atoms with Crippen LogP contribution in [0.1, 0.15) is 19.8 Å². The number of thioether (sulfide) groups is 1. The van der Waals surface area contributed by atoms with Gasteiger partial charge in [-0.25, -0.2) is 17.8 Å². The lowest BCUT2D eigenvalue weighted by Crippen LogP contribution is -2.40. The zero-order chi connectivity index (χ0) is 25.7. The van der Waals surface area contributed by atoms with Crippen molar-refractivity contribution in [1.29, 1.82) is 0 Å². The van der Waals surface area contributed by atoms with Gasteiger partial charge in [0.1, 0.15) is 11.1 Å². The van der Waals surface area contributed by atoms with E-state index >= 15 is 0 Å². The average molecular weight is 535 g/mol. The number of aliphatic imine (C=N–C) groups is 1. The fraction of sp³-hybridized carbons (Fsp3) is 0.375. The maximum absolute atomic E-state index is 13.1. The van der Waals surface area contributed by atoms with Gasteiger partial charge in [-0.05, 0) is 55.0 Å². The SMILES string of the molecule is CCCN1C(=O)C(CC(=O)Nc2ccc(F)cc2)SC1=Nc1ccc(S(=O)(=O)N2CCOCC2)cc1. The molecular formula is C24H27FN4O5S2. The number of benzene rings is 2. The third-order valence-electron chi connectivity index (χ3n) is 5.64. The minimum Gasteiger partial charge on any atom is -0.379 e. The minimum atomic E-state index is -3.61. The fourth-order valence-electron chi connectivity index (χ4n) is 3.81. The van der Waals surface area contributed by atoms with Gasteiger partial charge in [0.2, 0.25) is 21.8 Å². The van der Waals surface area contributed by atoms with Crippen LogP contribution in [-0.2, 0) is 24.3 Å². The number of nitrogens with one attached hydrogen (secondary N) is 1. The van der Waals surface area contributed by atoms with Crippen molar-refractivity contribution in [1.82, 2.24) is 9.21 Å². The number of amidine groups is 1. The largest absolute Gasteiger partial charge is 0.379 e. The molecule has 192 valence electrons. The molecule has 0 aromatic heterocycles. The van der Waals surface area contributed by atoms with Crippen molar-refractivity contribution in [2.24, 2.45) is 4.99 Å². The Labute approximate surface area is 213 Å². The second kappa shape index (κ2) is 11.5. The predicted molar refractivity (Wildman–Crippen MR) is 136 cm³/mol. The topological polar surface area (TPSA) is 108 Å². The predicted octanol–water partition coefficient (Wildman–Crippen LogP) is 3.22. The molecule has 2 fully saturated rings. The summed E-state index contributed by atoms with van der Waals surface area (Å²) in [6, 6.07) is 11.6. The van der Waals surface area contributed by atoms with Crippen LogP contribution in [0.5, 0.6) is 0 Å². The highest BCUT2D eigenvalue weighted by atomic mass is 32.2. The number of rotatable bonds is 8. The van der Waals surface area contributed by atoms with Crippen LogP contribution in [0.2, 0.25) is 0 Å². The van der Waals surface area contributed by atoms with Gasteiger partial charge in [0.05, 0.1) is 23.8 Å². The van der Waals surface area contributed by atoms with Gasteiger partial charge in [-0.2, -0.15) is 4.31 Å². The Morgan fingerprint density at radius 2 is 1.81 bits per heavy atom. The number of sulfonamides is 1. The Morgan fingerprint density at radius 1 is 1.14 bits per heavy atom. The number of carbonyl (C=O) groups is 2. The Bertz CT molecular complexity index is 1230. The summed E-state index contributed by atoms with van der Waals surface area (Å²) in [7, 11) is -3.61. The van der Waals surface area contributed by atoms with E-state index in [0.717, 1.165) is 0 Å². The summed E-state index contributed by atoms with van der Waals surface area (Å²) in [6.07, 6.45) is 0.646. The molecule has 1 N–H and O–H groups in total. The molecule has 0 aliphatic carbocycles. The van der Waals surface area contributed by atoms with Gasteiger partial charge >= 0.3 is 0 Å². The van der Waals surface area contributed by atoms with E-state index in [9.17, 15) is 22.4 Å². The first kappa shape index (κ1) is 26.3. The number of morpholine rings is 1. The number of carbonyl (C=O) groups excluding carboxylic acids is 2. The van der Waals surface area contributed by atoms with Crippen molar-refractivity contribution < 1.29 is 27.1 Å². The molecule has 0 spiro atoms. The van der Waals surface area contributed by atoms with Crippen molar-refractivity contribution in [3.63, 3.8) is 0 Å². The van der Waals surface area contributed by atoms with Gasteiger partial charge in [-0.3, -0.25) is 14.5 Å². The molecule has 2 amide bonds. The molecule has 1 atom stereocenters. The highest BCUT2D eigenvalue weighted by molar-refractivity contribution is 8.15. The van der Waals surface area contributed by atoms with Crippen LogP contribution < -0.4 is 5.32 Å². The van der Waals surface area contributed by atoms with E-state index < -0.39 is 21.1 Å². The van der Waals surface area contributed by atoms with Crippen LogP contribution in [0.3, 0.4) is 0 Å². The average Bonchev–Trinajstić information content (AvgIpc) is 3.15. The molecule has 2 aromatic rings. The summed E-state index contributed by atoms with van der Waals surface area (Å²) >= 11 is 1.20. The minimum absolute atomic E-state index is 0.0587. The molecule has 12 heteroatoms. The maximum atomic E-state index is 13.1. The number of amides is 2. The van der Waals surface area contributed by atoms with Crippen molar-refractivity contribution in [3.8, 4) is 0 Å². The number of hydrogen-bond donors (Lipinski definition) is 1. The molecular weight excluding hydrogens is 507 g/mol. The molecule has 2 aliphatic rings. The Hall–Kier alpha value is -2.80. The van der Waals surface area contributed by atoms with E-state index in [1.165, 1.54) is 52.5 Å². The zero-order valence-corrected chi connectivity index (χ0v) is 21.4. The zero-order valence-electron chi connectivity index (χ0n) is 19.7. The highest BCUT2D eigenvalue weighted by Gasteiger charge is 2.38. The molecule has 2 saturated heterocycles. The Balaban J connectivity index is 1.46. The van der Waals surface area contributed by atoms with Crippen LogP contribution in [0.25, 0.3) is 0 Å². The van der Waals surface area contributed by atoms with Crippen molar-refractivity contribution in [2.45, 2.75) is 29.9 Å². The summed E-state index contributed by atoms with van der Waals surface area (Å²) in [5, 5.41) is 2.50. The molecule has 0 saturated carbocycles.